The standard InChI is InChI=1S/C17H22N4O3/c1-12-3-4-14-13(11-12)16(22)15(19-20(14)2)17(23)18-5-6-21-7-9-24-10-8-21/h3-4,11H,5-10H2,1-2H3,(H,18,23). The molecule has 2 heterocycles. The maximum absolute atomic E-state index is 12.6. The fraction of sp³-hybridized carbons (Fsp3) is 0.471. The molecule has 3 rings (SSSR count). The van der Waals surface area contributed by atoms with Gasteiger partial charge in [0.05, 0.1) is 24.1 Å². The van der Waals surface area contributed by atoms with Gasteiger partial charge in [-0.2, -0.15) is 5.10 Å². The Labute approximate surface area is 140 Å². The van der Waals surface area contributed by atoms with Gasteiger partial charge in [0.15, 0.2) is 5.69 Å². The van der Waals surface area contributed by atoms with E-state index in [2.05, 4.69) is 15.3 Å². The van der Waals surface area contributed by atoms with Gasteiger partial charge in [0.1, 0.15) is 0 Å². The summed E-state index contributed by atoms with van der Waals surface area (Å²) in [5.41, 5.74) is 1.31. The van der Waals surface area contributed by atoms with Crippen LogP contribution in [0.4, 0.5) is 0 Å². The lowest BCUT2D eigenvalue weighted by Crippen LogP contribution is -2.42. The molecule has 0 radical (unpaired) electrons. The number of ether oxygens (including phenoxy) is 1. The van der Waals surface area contributed by atoms with E-state index >= 15 is 0 Å². The molecule has 1 N–H and O–H groups in total. The highest BCUT2D eigenvalue weighted by Gasteiger charge is 2.17. The van der Waals surface area contributed by atoms with Crippen molar-refractivity contribution in [3.8, 4) is 0 Å². The summed E-state index contributed by atoms with van der Waals surface area (Å²) in [6.45, 7) is 6.31. The molecular weight excluding hydrogens is 308 g/mol. The Bertz CT molecular complexity index is 809. The molecule has 1 aliphatic rings. The lowest BCUT2D eigenvalue weighted by atomic mass is 10.1. The summed E-state index contributed by atoms with van der Waals surface area (Å²) < 4.78 is 6.87. The second-order valence-electron chi connectivity index (χ2n) is 6.03. The first kappa shape index (κ1) is 16.6. The summed E-state index contributed by atoms with van der Waals surface area (Å²) in [6.07, 6.45) is 0. The van der Waals surface area contributed by atoms with E-state index in [0.717, 1.165) is 43.9 Å². The second kappa shape index (κ2) is 7.11. The molecule has 1 amide bonds. The fourth-order valence-electron chi connectivity index (χ4n) is 2.88. The number of hydrogen-bond donors (Lipinski definition) is 1. The topological polar surface area (TPSA) is 76.5 Å². The van der Waals surface area contributed by atoms with Crippen molar-refractivity contribution in [2.24, 2.45) is 7.05 Å². The van der Waals surface area contributed by atoms with Gasteiger partial charge in [0.2, 0.25) is 5.43 Å². The average molecular weight is 330 g/mol. The van der Waals surface area contributed by atoms with E-state index < -0.39 is 5.91 Å². The van der Waals surface area contributed by atoms with Gasteiger partial charge in [-0.3, -0.25) is 19.2 Å². The van der Waals surface area contributed by atoms with Crippen molar-refractivity contribution < 1.29 is 9.53 Å². The molecule has 1 aromatic heterocycles. The van der Waals surface area contributed by atoms with Crippen molar-refractivity contribution >= 4 is 16.8 Å². The molecule has 0 spiro atoms. The predicted molar refractivity (Wildman–Crippen MR) is 91.3 cm³/mol. The number of morpholine rings is 1. The number of nitrogens with one attached hydrogen (secondary N) is 1. The smallest absolute Gasteiger partial charge is 0.275 e. The number of amides is 1. The third-order valence-electron chi connectivity index (χ3n) is 4.24. The summed E-state index contributed by atoms with van der Waals surface area (Å²) >= 11 is 0. The maximum atomic E-state index is 12.6. The minimum Gasteiger partial charge on any atom is -0.379 e. The van der Waals surface area contributed by atoms with Gasteiger partial charge in [0, 0.05) is 33.2 Å². The van der Waals surface area contributed by atoms with Crippen LogP contribution < -0.4 is 10.7 Å². The Balaban J connectivity index is 1.74. The van der Waals surface area contributed by atoms with Crippen LogP contribution in [0.5, 0.6) is 0 Å². The van der Waals surface area contributed by atoms with E-state index in [1.54, 1.807) is 17.8 Å². The SMILES string of the molecule is Cc1ccc2c(c1)c(=O)c(C(=O)NCCN1CCOCC1)nn2C. The van der Waals surface area contributed by atoms with Gasteiger partial charge in [-0.25, -0.2) is 0 Å². The van der Waals surface area contributed by atoms with Crippen molar-refractivity contribution in [3.05, 3.63) is 39.7 Å². The number of aromatic nitrogens is 2. The van der Waals surface area contributed by atoms with Crippen LogP contribution in [0, 0.1) is 6.92 Å². The summed E-state index contributed by atoms with van der Waals surface area (Å²) in [5, 5.41) is 7.47. The van der Waals surface area contributed by atoms with Crippen LogP contribution >= 0.6 is 0 Å². The molecule has 0 aliphatic carbocycles. The Hall–Kier alpha value is -2.25. The molecular formula is C17H22N4O3. The molecule has 24 heavy (non-hydrogen) atoms. The molecule has 0 atom stereocenters. The van der Waals surface area contributed by atoms with Crippen molar-refractivity contribution in [2.45, 2.75) is 6.92 Å². The summed E-state index contributed by atoms with van der Waals surface area (Å²) in [6, 6.07) is 5.56. The Morgan fingerprint density at radius 2 is 2.08 bits per heavy atom. The van der Waals surface area contributed by atoms with Crippen LogP contribution in [0.25, 0.3) is 10.9 Å². The minimum atomic E-state index is -0.424. The van der Waals surface area contributed by atoms with Crippen LogP contribution in [0.15, 0.2) is 23.0 Å². The lowest BCUT2D eigenvalue weighted by Gasteiger charge is -2.26. The van der Waals surface area contributed by atoms with Crippen molar-refractivity contribution in [2.75, 3.05) is 39.4 Å². The van der Waals surface area contributed by atoms with Gasteiger partial charge in [-0.15, -0.1) is 0 Å². The molecule has 1 aromatic carbocycles. The minimum absolute atomic E-state index is 0.0578. The fourth-order valence-corrected chi connectivity index (χ4v) is 2.88. The van der Waals surface area contributed by atoms with Gasteiger partial charge >= 0.3 is 0 Å². The third-order valence-corrected chi connectivity index (χ3v) is 4.24. The summed E-state index contributed by atoms with van der Waals surface area (Å²) in [5.74, 6) is -0.424. The molecule has 1 saturated heterocycles. The van der Waals surface area contributed by atoms with E-state index in [1.807, 2.05) is 19.1 Å². The van der Waals surface area contributed by atoms with E-state index in [4.69, 9.17) is 4.74 Å². The molecule has 2 aromatic rings. The number of nitrogens with zero attached hydrogens (tertiary/aromatic N) is 3. The second-order valence-corrected chi connectivity index (χ2v) is 6.03. The molecule has 1 fully saturated rings. The lowest BCUT2D eigenvalue weighted by molar-refractivity contribution is 0.0383. The summed E-state index contributed by atoms with van der Waals surface area (Å²) in [4.78, 5) is 27.2. The number of aryl methyl sites for hydroxylation is 2. The average Bonchev–Trinajstić information content (AvgIpc) is 2.58. The van der Waals surface area contributed by atoms with Crippen LogP contribution in [-0.2, 0) is 11.8 Å². The Morgan fingerprint density at radius 3 is 2.83 bits per heavy atom. The number of carbonyl (C=O) groups is 1. The molecule has 7 nitrogen and oxygen atoms in total. The van der Waals surface area contributed by atoms with Crippen LogP contribution in [0.2, 0.25) is 0 Å². The molecule has 0 bridgehead atoms. The Kier molecular flexibility index (Phi) is 4.92. The van der Waals surface area contributed by atoms with Gasteiger partial charge in [-0.1, -0.05) is 11.6 Å². The van der Waals surface area contributed by atoms with Crippen molar-refractivity contribution in [1.82, 2.24) is 20.0 Å². The van der Waals surface area contributed by atoms with E-state index in [9.17, 15) is 9.59 Å². The van der Waals surface area contributed by atoms with Crippen LogP contribution in [0.3, 0.4) is 0 Å². The monoisotopic (exact) mass is 330 g/mol. The normalized spacial score (nSPS) is 15.6. The third kappa shape index (κ3) is 3.47. The first-order valence-electron chi connectivity index (χ1n) is 8.12. The van der Waals surface area contributed by atoms with Gasteiger partial charge in [0.25, 0.3) is 5.91 Å². The van der Waals surface area contributed by atoms with Crippen molar-refractivity contribution in [3.63, 3.8) is 0 Å². The number of benzene rings is 1. The van der Waals surface area contributed by atoms with E-state index in [-0.39, 0.29) is 11.1 Å². The maximum Gasteiger partial charge on any atom is 0.275 e. The van der Waals surface area contributed by atoms with Crippen molar-refractivity contribution in [1.29, 1.82) is 0 Å². The number of carbonyl (C=O) groups excluding carboxylic acids is 1. The highest BCUT2D eigenvalue weighted by molar-refractivity contribution is 5.95. The Morgan fingerprint density at radius 1 is 1.33 bits per heavy atom. The zero-order valence-corrected chi connectivity index (χ0v) is 14.0. The van der Waals surface area contributed by atoms with Crippen LogP contribution in [-0.4, -0.2) is 60.0 Å². The molecule has 7 heteroatoms. The largest absolute Gasteiger partial charge is 0.379 e. The number of fused-ring (bicyclic) bond motifs is 1. The number of rotatable bonds is 4. The predicted octanol–water partition coefficient (Wildman–Crippen LogP) is 0.304. The highest BCUT2D eigenvalue weighted by atomic mass is 16.5. The number of hydrogen-bond acceptors (Lipinski definition) is 5. The molecule has 128 valence electrons. The highest BCUT2D eigenvalue weighted by Crippen LogP contribution is 2.11. The quantitative estimate of drug-likeness (QED) is 0.873. The molecule has 0 saturated carbocycles. The first-order chi connectivity index (χ1) is 11.6. The first-order valence-corrected chi connectivity index (χ1v) is 8.12. The molecule has 1 aliphatic heterocycles. The van der Waals surface area contributed by atoms with Crippen LogP contribution in [0.1, 0.15) is 16.1 Å². The molecule has 0 unspecified atom stereocenters. The zero-order chi connectivity index (χ0) is 17.1. The summed E-state index contributed by atoms with van der Waals surface area (Å²) in [7, 11) is 1.74. The van der Waals surface area contributed by atoms with Gasteiger partial charge < -0.3 is 10.1 Å². The van der Waals surface area contributed by atoms with Gasteiger partial charge in [-0.05, 0) is 19.1 Å². The zero-order valence-electron chi connectivity index (χ0n) is 14.0. The van der Waals surface area contributed by atoms with E-state index in [0.29, 0.717) is 11.9 Å². The van der Waals surface area contributed by atoms with E-state index in [1.165, 1.54) is 0 Å².